The number of carbonyl (C=O) groups is 1. The second kappa shape index (κ2) is 9.61. The molecule has 2 aliphatic rings. The molecule has 152 valence electrons. The molecular weight excluding hydrogens is 437 g/mol. The molecule has 0 spiro atoms. The van der Waals surface area contributed by atoms with Crippen molar-refractivity contribution in [2.75, 3.05) is 0 Å². The Kier molecular flexibility index (Phi) is 6.68. The first-order valence-corrected chi connectivity index (χ1v) is 11.1. The van der Waals surface area contributed by atoms with Gasteiger partial charge in [-0.3, -0.25) is 9.69 Å². The third kappa shape index (κ3) is 4.84. The smallest absolute Gasteiger partial charge is 0.262 e. The average molecular weight is 456 g/mol. The van der Waals surface area contributed by atoms with Crippen LogP contribution in [0.25, 0.3) is 0 Å². The Bertz CT molecular complexity index is 1050. The summed E-state index contributed by atoms with van der Waals surface area (Å²) in [6.45, 7) is 0.343. The lowest BCUT2D eigenvalue weighted by atomic mass is 10.0. The standard InChI is InChI=1S/C24H19Cl2NO2S/c25-20-13-19(14-21(26)23(20)29-16-17-7-3-1-4-8-17)24(28)27-11-12-30-22(15-27)18-9-5-2-6-10-18/h1-5,7-9,11-15H,6,10,16H2. The van der Waals surface area contributed by atoms with Crippen molar-refractivity contribution in [1.82, 2.24) is 4.90 Å². The third-order valence-electron chi connectivity index (χ3n) is 4.71. The predicted molar refractivity (Wildman–Crippen MR) is 125 cm³/mol. The van der Waals surface area contributed by atoms with Gasteiger partial charge in [0.05, 0.1) is 10.0 Å². The maximum atomic E-state index is 13.1. The number of nitrogens with zero attached hydrogens (tertiary/aromatic N) is 1. The van der Waals surface area contributed by atoms with Crippen molar-refractivity contribution < 1.29 is 9.53 Å². The van der Waals surface area contributed by atoms with E-state index >= 15 is 0 Å². The SMILES string of the molecule is O=C(c1cc(Cl)c(OCc2ccccc2)c(Cl)c1)N1C=CSC(C2=CC=CCC2)=C1. The summed E-state index contributed by atoms with van der Waals surface area (Å²) in [6, 6.07) is 12.9. The van der Waals surface area contributed by atoms with Crippen molar-refractivity contribution >= 4 is 40.9 Å². The van der Waals surface area contributed by atoms with Crippen LogP contribution in [0.5, 0.6) is 5.75 Å². The van der Waals surface area contributed by atoms with Gasteiger partial charge in [0.15, 0.2) is 5.75 Å². The van der Waals surface area contributed by atoms with Gasteiger partial charge < -0.3 is 4.74 Å². The fourth-order valence-corrected chi connectivity index (χ4v) is 4.59. The summed E-state index contributed by atoms with van der Waals surface area (Å²) >= 11 is 14.4. The Labute approximate surface area is 190 Å². The number of hydrogen-bond donors (Lipinski definition) is 0. The van der Waals surface area contributed by atoms with Crippen LogP contribution in [0.4, 0.5) is 0 Å². The van der Waals surface area contributed by atoms with Crippen molar-refractivity contribution in [3.8, 4) is 5.75 Å². The molecule has 0 fully saturated rings. The van der Waals surface area contributed by atoms with Gasteiger partial charge in [0.2, 0.25) is 0 Å². The fourth-order valence-electron chi connectivity index (χ4n) is 3.16. The van der Waals surface area contributed by atoms with Gasteiger partial charge in [-0.05, 0) is 41.5 Å². The number of hydrogen-bond acceptors (Lipinski definition) is 3. The van der Waals surface area contributed by atoms with E-state index in [1.54, 1.807) is 35.0 Å². The van der Waals surface area contributed by atoms with Gasteiger partial charge in [-0.1, -0.05) is 83.5 Å². The summed E-state index contributed by atoms with van der Waals surface area (Å²) in [6.07, 6.45) is 11.9. The average Bonchev–Trinajstić information content (AvgIpc) is 2.79. The number of ether oxygens (including phenoxy) is 1. The zero-order valence-corrected chi connectivity index (χ0v) is 18.4. The molecule has 0 bridgehead atoms. The molecule has 30 heavy (non-hydrogen) atoms. The van der Waals surface area contributed by atoms with E-state index in [2.05, 4.69) is 18.2 Å². The minimum atomic E-state index is -0.200. The van der Waals surface area contributed by atoms with Crippen LogP contribution in [0, 0.1) is 0 Å². The minimum absolute atomic E-state index is 0.200. The molecule has 6 heteroatoms. The molecule has 0 N–H and O–H groups in total. The fraction of sp³-hybridized carbons (Fsp3) is 0.125. The van der Waals surface area contributed by atoms with E-state index < -0.39 is 0 Å². The number of amides is 1. The van der Waals surface area contributed by atoms with Crippen LogP contribution in [0.1, 0.15) is 28.8 Å². The highest BCUT2D eigenvalue weighted by Gasteiger charge is 2.20. The van der Waals surface area contributed by atoms with Crippen LogP contribution in [0.2, 0.25) is 10.0 Å². The molecule has 0 saturated carbocycles. The molecule has 4 rings (SSSR count). The summed E-state index contributed by atoms with van der Waals surface area (Å²) in [7, 11) is 0. The molecule has 2 aromatic carbocycles. The molecule has 2 aromatic rings. The second-order valence-electron chi connectivity index (χ2n) is 6.81. The molecule has 0 saturated heterocycles. The summed E-state index contributed by atoms with van der Waals surface area (Å²) in [5, 5.41) is 2.52. The third-order valence-corrected chi connectivity index (χ3v) is 6.15. The van der Waals surface area contributed by atoms with E-state index in [4.69, 9.17) is 27.9 Å². The van der Waals surface area contributed by atoms with Crippen LogP contribution in [0.15, 0.2) is 89.0 Å². The lowest BCUT2D eigenvalue weighted by molar-refractivity contribution is 0.0869. The van der Waals surface area contributed by atoms with E-state index in [1.165, 1.54) is 5.57 Å². The monoisotopic (exact) mass is 455 g/mol. The Morgan fingerprint density at radius 2 is 1.90 bits per heavy atom. The highest BCUT2D eigenvalue weighted by Crippen LogP contribution is 2.37. The van der Waals surface area contributed by atoms with E-state index in [-0.39, 0.29) is 5.91 Å². The molecule has 3 nitrogen and oxygen atoms in total. The molecule has 0 unspecified atom stereocenters. The first kappa shape index (κ1) is 20.9. The molecule has 0 atom stereocenters. The molecule has 1 aliphatic carbocycles. The Balaban J connectivity index is 1.52. The molecule has 0 aromatic heterocycles. The number of allylic oxidation sites excluding steroid dienone is 4. The van der Waals surface area contributed by atoms with Crippen LogP contribution < -0.4 is 4.74 Å². The molecule has 1 heterocycles. The maximum absolute atomic E-state index is 13.1. The van der Waals surface area contributed by atoms with Gasteiger partial charge >= 0.3 is 0 Å². The predicted octanol–water partition coefficient (Wildman–Crippen LogP) is 7.35. The van der Waals surface area contributed by atoms with Gasteiger partial charge in [0.1, 0.15) is 6.61 Å². The first-order chi connectivity index (χ1) is 14.6. The van der Waals surface area contributed by atoms with Crippen LogP contribution >= 0.6 is 35.0 Å². The molecule has 1 amide bonds. The Morgan fingerprint density at radius 1 is 1.13 bits per heavy atom. The highest BCUT2D eigenvalue weighted by molar-refractivity contribution is 8.06. The Morgan fingerprint density at radius 3 is 2.60 bits per heavy atom. The van der Waals surface area contributed by atoms with Crippen molar-refractivity contribution in [3.63, 3.8) is 0 Å². The first-order valence-electron chi connectivity index (χ1n) is 9.51. The summed E-state index contributed by atoms with van der Waals surface area (Å²) < 4.78 is 5.80. The lowest BCUT2D eigenvalue weighted by Crippen LogP contribution is -2.22. The number of rotatable bonds is 5. The minimum Gasteiger partial charge on any atom is -0.486 e. The van der Waals surface area contributed by atoms with E-state index in [0.717, 1.165) is 23.3 Å². The van der Waals surface area contributed by atoms with Gasteiger partial charge in [0, 0.05) is 22.9 Å². The van der Waals surface area contributed by atoms with Crippen molar-refractivity contribution in [2.45, 2.75) is 19.4 Å². The number of halogens is 2. The van der Waals surface area contributed by atoms with E-state index in [9.17, 15) is 4.79 Å². The van der Waals surface area contributed by atoms with E-state index in [0.29, 0.717) is 28.0 Å². The van der Waals surface area contributed by atoms with Crippen molar-refractivity contribution in [2.24, 2.45) is 0 Å². The highest BCUT2D eigenvalue weighted by atomic mass is 35.5. The van der Waals surface area contributed by atoms with Crippen LogP contribution in [-0.4, -0.2) is 10.8 Å². The normalized spacial score (nSPS) is 15.6. The van der Waals surface area contributed by atoms with Crippen molar-refractivity contribution in [1.29, 1.82) is 0 Å². The molecular formula is C24H19Cl2NO2S. The zero-order chi connectivity index (χ0) is 20.9. The largest absolute Gasteiger partial charge is 0.486 e. The van der Waals surface area contributed by atoms with E-state index in [1.807, 2.05) is 41.9 Å². The van der Waals surface area contributed by atoms with Gasteiger partial charge in [0.25, 0.3) is 5.91 Å². The lowest BCUT2D eigenvalue weighted by Gasteiger charge is -2.22. The topological polar surface area (TPSA) is 29.5 Å². The zero-order valence-electron chi connectivity index (χ0n) is 16.1. The number of benzene rings is 2. The second-order valence-corrected chi connectivity index (χ2v) is 8.57. The Hall–Kier alpha value is -2.40. The van der Waals surface area contributed by atoms with Gasteiger partial charge in [-0.25, -0.2) is 0 Å². The summed E-state index contributed by atoms with van der Waals surface area (Å²) in [5.74, 6) is 0.174. The number of thioether (sulfide) groups is 1. The van der Waals surface area contributed by atoms with Crippen molar-refractivity contribution in [3.05, 3.63) is 110 Å². The molecule has 1 aliphatic heterocycles. The summed E-state index contributed by atoms with van der Waals surface area (Å²) in [5.41, 5.74) is 2.64. The number of carbonyl (C=O) groups excluding carboxylic acids is 1. The molecule has 0 radical (unpaired) electrons. The summed E-state index contributed by atoms with van der Waals surface area (Å²) in [4.78, 5) is 15.7. The quantitative estimate of drug-likeness (QED) is 0.471. The maximum Gasteiger partial charge on any atom is 0.262 e. The van der Waals surface area contributed by atoms with Crippen LogP contribution in [-0.2, 0) is 6.61 Å². The van der Waals surface area contributed by atoms with Gasteiger partial charge in [-0.15, -0.1) is 0 Å². The van der Waals surface area contributed by atoms with Gasteiger partial charge in [-0.2, -0.15) is 0 Å². The van der Waals surface area contributed by atoms with Crippen LogP contribution in [0.3, 0.4) is 0 Å².